The highest BCUT2D eigenvalue weighted by Gasteiger charge is 2.28. The fraction of sp³-hybridized carbons (Fsp3) is 0.0508. The van der Waals surface area contributed by atoms with Crippen LogP contribution in [0.15, 0.2) is 212 Å². The van der Waals surface area contributed by atoms with Crippen molar-refractivity contribution in [3.05, 3.63) is 229 Å². The second kappa shape index (κ2) is 16.2. The molecule has 306 valence electrons. The number of para-hydroxylation sites is 1. The first-order chi connectivity index (χ1) is 31.5. The van der Waals surface area contributed by atoms with Gasteiger partial charge in [-0.15, -0.1) is 0 Å². The quantitative estimate of drug-likeness (QED) is 0.146. The van der Waals surface area contributed by atoms with Gasteiger partial charge in [-0.3, -0.25) is 4.57 Å². The van der Waals surface area contributed by atoms with Crippen LogP contribution in [0.3, 0.4) is 0 Å². The molecule has 0 unspecified atom stereocenters. The van der Waals surface area contributed by atoms with Gasteiger partial charge in [-0.25, -0.2) is 9.67 Å². The number of ether oxygens (including phenoxy) is 1. The Morgan fingerprint density at radius 1 is 0.422 bits per heavy atom. The third-order valence-electron chi connectivity index (χ3n) is 12.2. The van der Waals surface area contributed by atoms with E-state index >= 15 is 0 Å². The molecule has 0 radical (unpaired) electrons. The van der Waals surface area contributed by atoms with E-state index < -0.39 is 0 Å². The second-order valence-electron chi connectivity index (χ2n) is 16.3. The van der Waals surface area contributed by atoms with E-state index in [-0.39, 0.29) is 0 Å². The molecule has 0 N–H and O–H groups in total. The smallest absolute Gasteiger partial charge is 0.137 e. The summed E-state index contributed by atoms with van der Waals surface area (Å²) in [5.74, 6) is 2.33. The standard InChI is InChI=1S/C59H44N4O/c1-39-33-34-60-55(35-39)62-53-30-17-16-29-49(53)50-32-31-48(37-54(50)62)64-47-28-18-27-46(36-47)63-41(3)56(40(2)61-63)59-52(43-21-10-5-11-22-43)38-51(42-19-8-4-9-20-42)57(44-23-12-6-13-24-44)58(59)45-25-14-7-15-26-45/h4-38H,1-3H3. The van der Waals surface area contributed by atoms with Crippen LogP contribution in [-0.2, 0) is 0 Å². The Hall–Kier alpha value is -8.28. The highest BCUT2D eigenvalue weighted by molar-refractivity contribution is 6.10. The zero-order valence-corrected chi connectivity index (χ0v) is 35.9. The van der Waals surface area contributed by atoms with Crippen LogP contribution in [0, 0.1) is 20.8 Å². The SMILES string of the molecule is Cc1ccnc(-n2c3ccccc3c3ccc(Oc4cccc(-n5nc(C)c(-c6c(-c7ccccc7)cc(-c7ccccc7)c(-c7ccccc7)c6-c6ccccc6)c5C)c4)cc32)c1. The molecule has 0 spiro atoms. The molecule has 0 aliphatic heterocycles. The third-order valence-corrected chi connectivity index (χ3v) is 12.2. The molecule has 11 aromatic rings. The minimum absolute atomic E-state index is 0.718. The molecule has 5 heteroatoms. The van der Waals surface area contributed by atoms with Gasteiger partial charge in [0.05, 0.1) is 22.4 Å². The van der Waals surface area contributed by atoms with Crippen molar-refractivity contribution in [2.75, 3.05) is 0 Å². The summed E-state index contributed by atoms with van der Waals surface area (Å²) < 4.78 is 11.0. The normalized spacial score (nSPS) is 11.4. The van der Waals surface area contributed by atoms with Crippen LogP contribution >= 0.6 is 0 Å². The van der Waals surface area contributed by atoms with Gasteiger partial charge in [-0.1, -0.05) is 146 Å². The van der Waals surface area contributed by atoms with E-state index in [0.717, 1.165) is 95.3 Å². The van der Waals surface area contributed by atoms with Gasteiger partial charge in [0.25, 0.3) is 0 Å². The van der Waals surface area contributed by atoms with Gasteiger partial charge < -0.3 is 4.74 Å². The molecule has 0 atom stereocenters. The van der Waals surface area contributed by atoms with Gasteiger partial charge in [0.1, 0.15) is 17.3 Å². The maximum absolute atomic E-state index is 6.72. The Bertz CT molecular complexity index is 3480. The number of nitrogens with zero attached hydrogens (tertiary/aromatic N) is 4. The van der Waals surface area contributed by atoms with Crippen LogP contribution < -0.4 is 4.74 Å². The number of aromatic nitrogens is 4. The fourth-order valence-electron chi connectivity index (χ4n) is 9.41. The fourth-order valence-corrected chi connectivity index (χ4v) is 9.41. The molecule has 11 rings (SSSR count). The third kappa shape index (κ3) is 6.84. The van der Waals surface area contributed by atoms with Crippen LogP contribution in [0.5, 0.6) is 11.5 Å². The Morgan fingerprint density at radius 2 is 1.00 bits per heavy atom. The first kappa shape index (κ1) is 38.6. The van der Waals surface area contributed by atoms with E-state index in [4.69, 9.17) is 14.8 Å². The number of pyridine rings is 1. The van der Waals surface area contributed by atoms with E-state index in [1.807, 2.05) is 24.4 Å². The number of hydrogen-bond donors (Lipinski definition) is 0. The average Bonchev–Trinajstić information content (AvgIpc) is 3.83. The number of rotatable bonds is 9. The van der Waals surface area contributed by atoms with Crippen LogP contribution in [0.4, 0.5) is 0 Å². The van der Waals surface area contributed by atoms with Crippen molar-refractivity contribution in [2.45, 2.75) is 20.8 Å². The van der Waals surface area contributed by atoms with Crippen molar-refractivity contribution in [3.8, 4) is 78.6 Å². The van der Waals surface area contributed by atoms with Crippen LogP contribution in [-0.4, -0.2) is 19.3 Å². The zero-order valence-electron chi connectivity index (χ0n) is 35.9. The highest BCUT2D eigenvalue weighted by atomic mass is 16.5. The number of benzene rings is 8. The predicted molar refractivity (Wildman–Crippen MR) is 264 cm³/mol. The summed E-state index contributed by atoms with van der Waals surface area (Å²) in [6.45, 7) is 6.42. The summed E-state index contributed by atoms with van der Waals surface area (Å²) in [7, 11) is 0. The van der Waals surface area contributed by atoms with Gasteiger partial charge in [0, 0.05) is 45.9 Å². The summed E-state index contributed by atoms with van der Waals surface area (Å²) in [4.78, 5) is 4.78. The molecule has 0 aliphatic carbocycles. The maximum Gasteiger partial charge on any atom is 0.137 e. The minimum Gasteiger partial charge on any atom is -0.457 e. The van der Waals surface area contributed by atoms with Crippen molar-refractivity contribution in [2.24, 2.45) is 0 Å². The number of fused-ring (bicyclic) bond motifs is 3. The molecule has 64 heavy (non-hydrogen) atoms. The lowest BCUT2D eigenvalue weighted by atomic mass is 9.78. The topological polar surface area (TPSA) is 44.9 Å². The Morgan fingerprint density at radius 3 is 1.67 bits per heavy atom. The molecule has 0 saturated heterocycles. The summed E-state index contributed by atoms with van der Waals surface area (Å²) in [5, 5.41) is 7.64. The molecule has 3 heterocycles. The summed E-state index contributed by atoms with van der Waals surface area (Å²) >= 11 is 0. The van der Waals surface area contributed by atoms with Crippen LogP contribution in [0.2, 0.25) is 0 Å². The Balaban J connectivity index is 1.08. The molecule has 0 aliphatic rings. The lowest BCUT2D eigenvalue weighted by Gasteiger charge is -2.24. The van der Waals surface area contributed by atoms with Crippen molar-refractivity contribution in [1.82, 2.24) is 19.3 Å². The molecule has 0 bridgehead atoms. The van der Waals surface area contributed by atoms with Crippen molar-refractivity contribution >= 4 is 21.8 Å². The van der Waals surface area contributed by atoms with Gasteiger partial charge in [-0.05, 0) is 119 Å². The molecular formula is C59H44N4O. The monoisotopic (exact) mass is 824 g/mol. The summed E-state index contributed by atoms with van der Waals surface area (Å²) in [5.41, 5.74) is 17.7. The summed E-state index contributed by atoms with van der Waals surface area (Å²) in [6.07, 6.45) is 1.87. The average molecular weight is 825 g/mol. The van der Waals surface area contributed by atoms with Gasteiger partial charge >= 0.3 is 0 Å². The van der Waals surface area contributed by atoms with E-state index in [2.05, 4.69) is 218 Å². The maximum atomic E-state index is 6.72. The van der Waals surface area contributed by atoms with Crippen LogP contribution in [0.1, 0.15) is 17.0 Å². The first-order valence-electron chi connectivity index (χ1n) is 21.7. The number of hydrogen-bond acceptors (Lipinski definition) is 3. The van der Waals surface area contributed by atoms with E-state index in [1.54, 1.807) is 0 Å². The van der Waals surface area contributed by atoms with Gasteiger partial charge in [-0.2, -0.15) is 5.10 Å². The second-order valence-corrected chi connectivity index (χ2v) is 16.3. The van der Waals surface area contributed by atoms with Crippen molar-refractivity contribution in [1.29, 1.82) is 0 Å². The summed E-state index contributed by atoms with van der Waals surface area (Å²) in [6, 6.07) is 72.7. The molecule has 8 aromatic carbocycles. The van der Waals surface area contributed by atoms with Gasteiger partial charge in [0.2, 0.25) is 0 Å². The first-order valence-corrected chi connectivity index (χ1v) is 21.7. The molecule has 3 aromatic heterocycles. The van der Waals surface area contributed by atoms with Crippen LogP contribution in [0.25, 0.3) is 88.9 Å². The molecular weight excluding hydrogens is 781 g/mol. The zero-order chi connectivity index (χ0) is 43.1. The minimum atomic E-state index is 0.718. The van der Waals surface area contributed by atoms with E-state index in [1.165, 1.54) is 22.1 Å². The lowest BCUT2D eigenvalue weighted by molar-refractivity contribution is 0.482. The van der Waals surface area contributed by atoms with E-state index in [0.29, 0.717) is 0 Å². The highest BCUT2D eigenvalue weighted by Crippen LogP contribution is 2.51. The van der Waals surface area contributed by atoms with Gasteiger partial charge in [0.15, 0.2) is 0 Å². The number of aryl methyl sites for hydroxylation is 2. The molecule has 0 fully saturated rings. The Labute approximate surface area is 373 Å². The Kier molecular flexibility index (Phi) is 9.78. The molecule has 5 nitrogen and oxygen atoms in total. The van der Waals surface area contributed by atoms with E-state index in [9.17, 15) is 0 Å². The lowest BCUT2D eigenvalue weighted by Crippen LogP contribution is -2.01. The predicted octanol–water partition coefficient (Wildman–Crippen LogP) is 15.4. The van der Waals surface area contributed by atoms with Crippen molar-refractivity contribution in [3.63, 3.8) is 0 Å². The van der Waals surface area contributed by atoms with Crippen molar-refractivity contribution < 1.29 is 4.74 Å². The molecule has 0 saturated carbocycles. The molecule has 0 amide bonds. The largest absolute Gasteiger partial charge is 0.457 e.